The summed E-state index contributed by atoms with van der Waals surface area (Å²) in [7, 11) is 0. The molecule has 1 unspecified atom stereocenters. The van der Waals surface area contributed by atoms with Gasteiger partial charge in [-0.15, -0.1) is 0 Å². The molecule has 2 heterocycles. The lowest BCUT2D eigenvalue weighted by Gasteiger charge is -2.09. The molecule has 1 aliphatic heterocycles. The number of hydrogen-bond acceptors (Lipinski definition) is 5. The number of para-hydroxylation sites is 1. The van der Waals surface area contributed by atoms with Crippen LogP contribution in [0.15, 0.2) is 48.5 Å². The van der Waals surface area contributed by atoms with E-state index in [0.29, 0.717) is 18.8 Å². The normalized spacial score (nSPS) is 15.3. The van der Waals surface area contributed by atoms with Crippen LogP contribution in [0, 0.1) is 10.6 Å². The minimum Gasteiger partial charge on any atom is -0.359 e. The van der Waals surface area contributed by atoms with Gasteiger partial charge in [0.15, 0.2) is 0 Å². The van der Waals surface area contributed by atoms with E-state index in [0.717, 1.165) is 16.5 Å². The summed E-state index contributed by atoms with van der Waals surface area (Å²) in [6.07, 6.45) is 0.510. The second-order valence-electron chi connectivity index (χ2n) is 6.57. The highest BCUT2D eigenvalue weighted by Gasteiger charge is 2.31. The van der Waals surface area contributed by atoms with Gasteiger partial charge in [-0.2, -0.15) is 0 Å². The van der Waals surface area contributed by atoms with E-state index in [1.807, 2.05) is 24.3 Å². The molecule has 142 valence electrons. The number of halogens is 1. The number of nitrogens with one attached hydrogen (secondary N) is 2. The van der Waals surface area contributed by atoms with E-state index in [-0.39, 0.29) is 28.8 Å². The molecule has 0 saturated heterocycles. The van der Waals surface area contributed by atoms with Gasteiger partial charge in [0.05, 0.1) is 5.52 Å². The first-order chi connectivity index (χ1) is 13.5. The van der Waals surface area contributed by atoms with Crippen molar-refractivity contribution in [3.63, 3.8) is 0 Å². The van der Waals surface area contributed by atoms with Crippen molar-refractivity contribution in [2.45, 2.75) is 25.4 Å². The fourth-order valence-electron chi connectivity index (χ4n) is 3.23. The van der Waals surface area contributed by atoms with E-state index in [4.69, 9.17) is 12.2 Å². The fraction of sp³-hybridized carbons (Fsp3) is 0.200. The first-order valence-electron chi connectivity index (χ1n) is 8.86. The Balaban J connectivity index is 1.40. The molecule has 2 N–H and O–H groups in total. The number of aromatic nitrogens is 2. The zero-order chi connectivity index (χ0) is 19.7. The topological polar surface area (TPSA) is 76.0 Å². The van der Waals surface area contributed by atoms with Gasteiger partial charge in [0.2, 0.25) is 10.7 Å². The van der Waals surface area contributed by atoms with Crippen molar-refractivity contribution >= 4 is 40.8 Å². The summed E-state index contributed by atoms with van der Waals surface area (Å²) in [5, 5.41) is 6.78. The quantitative estimate of drug-likeness (QED) is 0.646. The zero-order valence-corrected chi connectivity index (χ0v) is 15.6. The van der Waals surface area contributed by atoms with E-state index in [1.165, 1.54) is 16.7 Å². The molecule has 0 saturated carbocycles. The predicted molar refractivity (Wildman–Crippen MR) is 106 cm³/mol. The standard InChI is InChI=1S/C20H17FN4O2S/c21-13-7-5-12(6-8-13)11-22-17(26)10-9-16-19(27)25-18(23-16)14-3-1-2-4-15(14)24-20(25)28/h1-8,16,23H,9-11H2,(H,22,26). The number of carbonyl (C=O) groups is 2. The van der Waals surface area contributed by atoms with E-state index in [2.05, 4.69) is 15.6 Å². The first-order valence-corrected chi connectivity index (χ1v) is 9.27. The molecule has 1 atom stereocenters. The Morgan fingerprint density at radius 1 is 1.21 bits per heavy atom. The molecule has 1 amide bonds. The average Bonchev–Trinajstić information content (AvgIpc) is 3.03. The van der Waals surface area contributed by atoms with Crippen LogP contribution in [-0.4, -0.2) is 27.4 Å². The molecular weight excluding hydrogens is 379 g/mol. The molecule has 4 rings (SSSR count). The summed E-state index contributed by atoms with van der Waals surface area (Å²) < 4.78 is 14.5. The van der Waals surface area contributed by atoms with Crippen molar-refractivity contribution in [2.75, 3.05) is 5.32 Å². The maximum absolute atomic E-state index is 12.9. The summed E-state index contributed by atoms with van der Waals surface area (Å²) in [5.41, 5.74) is 1.53. The molecule has 2 aromatic carbocycles. The summed E-state index contributed by atoms with van der Waals surface area (Å²) >= 11 is 5.26. The zero-order valence-electron chi connectivity index (χ0n) is 14.8. The van der Waals surface area contributed by atoms with Gasteiger partial charge in [-0.1, -0.05) is 24.3 Å². The number of nitrogens with zero attached hydrogens (tertiary/aromatic N) is 2. The molecule has 1 aromatic heterocycles. The highest BCUT2D eigenvalue weighted by Crippen LogP contribution is 2.29. The Morgan fingerprint density at radius 3 is 2.75 bits per heavy atom. The SMILES string of the molecule is O=C(CCC1Nc2c3ccccc3nc(=S)n2C1=O)NCc1ccc(F)cc1. The van der Waals surface area contributed by atoms with Gasteiger partial charge in [-0.25, -0.2) is 13.9 Å². The van der Waals surface area contributed by atoms with E-state index in [1.54, 1.807) is 12.1 Å². The first kappa shape index (κ1) is 18.2. The van der Waals surface area contributed by atoms with Gasteiger partial charge in [-0.05, 0) is 48.5 Å². The van der Waals surface area contributed by atoms with Crippen LogP contribution >= 0.6 is 12.2 Å². The van der Waals surface area contributed by atoms with Crippen molar-refractivity contribution in [1.82, 2.24) is 14.9 Å². The molecule has 1 aliphatic rings. The molecular formula is C20H17FN4O2S. The van der Waals surface area contributed by atoms with Crippen LogP contribution in [0.3, 0.4) is 0 Å². The molecule has 28 heavy (non-hydrogen) atoms. The van der Waals surface area contributed by atoms with Crippen molar-refractivity contribution in [3.8, 4) is 0 Å². The lowest BCUT2D eigenvalue weighted by molar-refractivity contribution is -0.121. The van der Waals surface area contributed by atoms with Crippen molar-refractivity contribution in [1.29, 1.82) is 0 Å². The molecule has 3 aromatic rings. The van der Waals surface area contributed by atoms with E-state index < -0.39 is 6.04 Å². The molecule has 6 nitrogen and oxygen atoms in total. The number of anilines is 1. The number of fused-ring (bicyclic) bond motifs is 3. The van der Waals surface area contributed by atoms with Crippen LogP contribution in [0.1, 0.15) is 23.2 Å². The second kappa shape index (κ2) is 7.47. The smallest absolute Gasteiger partial charge is 0.257 e. The average molecular weight is 396 g/mol. The van der Waals surface area contributed by atoms with Crippen molar-refractivity contribution in [2.24, 2.45) is 0 Å². The molecule has 0 spiro atoms. The van der Waals surface area contributed by atoms with Crippen LogP contribution in [0.5, 0.6) is 0 Å². The van der Waals surface area contributed by atoms with Gasteiger partial charge >= 0.3 is 0 Å². The molecule has 0 fully saturated rings. The van der Waals surface area contributed by atoms with Crippen molar-refractivity contribution in [3.05, 3.63) is 64.7 Å². The van der Waals surface area contributed by atoms with Crippen LogP contribution in [0.2, 0.25) is 0 Å². The molecule has 0 aliphatic carbocycles. The number of benzene rings is 2. The largest absolute Gasteiger partial charge is 0.359 e. The third-order valence-corrected chi connectivity index (χ3v) is 4.96. The van der Waals surface area contributed by atoms with Gasteiger partial charge in [0.25, 0.3) is 5.91 Å². The number of hydrogen-bond donors (Lipinski definition) is 2. The highest BCUT2D eigenvalue weighted by molar-refractivity contribution is 7.71. The molecule has 8 heteroatoms. The minimum atomic E-state index is -0.536. The van der Waals surface area contributed by atoms with E-state index in [9.17, 15) is 14.0 Å². The van der Waals surface area contributed by atoms with Gasteiger partial charge in [0, 0.05) is 18.4 Å². The Labute approximate surface area is 165 Å². The number of rotatable bonds is 5. The lowest BCUT2D eigenvalue weighted by atomic mass is 10.1. The second-order valence-corrected chi connectivity index (χ2v) is 6.94. The molecule has 0 radical (unpaired) electrons. The molecule has 0 bridgehead atoms. The van der Waals surface area contributed by atoms with Crippen molar-refractivity contribution < 1.29 is 14.0 Å². The summed E-state index contributed by atoms with van der Waals surface area (Å²) in [6.45, 7) is 0.311. The minimum absolute atomic E-state index is 0.178. The van der Waals surface area contributed by atoms with Crippen LogP contribution in [-0.2, 0) is 11.3 Å². The maximum Gasteiger partial charge on any atom is 0.257 e. The summed E-state index contributed by atoms with van der Waals surface area (Å²) in [5.74, 6) is -0.0792. The Bertz CT molecular complexity index is 1130. The van der Waals surface area contributed by atoms with Crippen LogP contribution in [0.4, 0.5) is 10.2 Å². The lowest BCUT2D eigenvalue weighted by Crippen LogP contribution is -2.29. The third kappa shape index (κ3) is 3.50. The monoisotopic (exact) mass is 396 g/mol. The number of carbonyl (C=O) groups excluding carboxylic acids is 2. The maximum atomic E-state index is 12.9. The fourth-order valence-corrected chi connectivity index (χ4v) is 3.51. The third-order valence-electron chi connectivity index (χ3n) is 4.68. The Hall–Kier alpha value is -3.13. The predicted octanol–water partition coefficient (Wildman–Crippen LogP) is 3.44. The van der Waals surface area contributed by atoms with Crippen LogP contribution < -0.4 is 10.6 Å². The number of amides is 1. The van der Waals surface area contributed by atoms with E-state index >= 15 is 0 Å². The van der Waals surface area contributed by atoms with Crippen LogP contribution in [0.25, 0.3) is 10.9 Å². The summed E-state index contributed by atoms with van der Waals surface area (Å²) in [4.78, 5) is 29.2. The summed E-state index contributed by atoms with van der Waals surface area (Å²) in [6, 6.07) is 12.9. The Morgan fingerprint density at radius 2 is 1.96 bits per heavy atom. The van der Waals surface area contributed by atoms with Gasteiger partial charge < -0.3 is 10.6 Å². The Kier molecular flexibility index (Phi) is 4.87. The highest BCUT2D eigenvalue weighted by atomic mass is 32.1. The van der Waals surface area contributed by atoms with Gasteiger partial charge in [0.1, 0.15) is 17.7 Å². The van der Waals surface area contributed by atoms with Gasteiger partial charge in [-0.3, -0.25) is 9.59 Å².